The molecule has 7 heteroatoms. The highest BCUT2D eigenvalue weighted by Crippen LogP contribution is 2.36. The molecule has 0 aliphatic carbocycles. The van der Waals surface area contributed by atoms with Gasteiger partial charge in [0.15, 0.2) is 5.17 Å². The molecule has 2 aromatic carbocycles. The molecule has 1 aliphatic rings. The van der Waals surface area contributed by atoms with E-state index in [0.29, 0.717) is 22.0 Å². The fourth-order valence-corrected chi connectivity index (χ4v) is 3.34. The molecule has 1 heterocycles. The third-order valence-electron chi connectivity index (χ3n) is 3.70. The van der Waals surface area contributed by atoms with Crippen LogP contribution in [0.25, 0.3) is 0 Å². The Morgan fingerprint density at radius 1 is 1.12 bits per heavy atom. The molecule has 0 radical (unpaired) electrons. The van der Waals surface area contributed by atoms with Gasteiger partial charge in [-0.3, -0.25) is 19.9 Å². The van der Waals surface area contributed by atoms with Crippen LogP contribution in [0.3, 0.4) is 0 Å². The number of nitrogens with one attached hydrogen (secondary N) is 1. The van der Waals surface area contributed by atoms with Crippen molar-refractivity contribution in [3.63, 3.8) is 0 Å². The van der Waals surface area contributed by atoms with E-state index in [2.05, 4.69) is 0 Å². The Kier molecular flexibility index (Phi) is 4.59. The second-order valence-corrected chi connectivity index (χ2v) is 6.75. The van der Waals surface area contributed by atoms with E-state index in [4.69, 9.17) is 22.7 Å². The number of fused-ring (bicyclic) bond motifs is 1. The number of Topliss-reactive ketones (excluding diaryl/α,β-unsaturated/α-hetero) is 1. The van der Waals surface area contributed by atoms with E-state index in [1.807, 2.05) is 24.3 Å². The highest BCUT2D eigenvalue weighted by Gasteiger charge is 2.37. The van der Waals surface area contributed by atoms with Gasteiger partial charge in [-0.2, -0.15) is 0 Å². The van der Waals surface area contributed by atoms with Gasteiger partial charge in [0.1, 0.15) is 0 Å². The van der Waals surface area contributed by atoms with E-state index in [1.165, 1.54) is 16.7 Å². The summed E-state index contributed by atoms with van der Waals surface area (Å²) in [6.07, 6.45) is 0. The number of hydrogen-bond donors (Lipinski definition) is 2. The van der Waals surface area contributed by atoms with Gasteiger partial charge >= 0.3 is 0 Å². The lowest BCUT2D eigenvalue weighted by molar-refractivity contribution is -0.114. The molecule has 0 saturated carbocycles. The Bertz CT molecular complexity index is 836. The largest absolute Gasteiger partial charge is 0.379 e. The van der Waals surface area contributed by atoms with Gasteiger partial charge in [0.2, 0.25) is 0 Å². The summed E-state index contributed by atoms with van der Waals surface area (Å²) in [5.74, 6) is -0.470. The van der Waals surface area contributed by atoms with Crippen LogP contribution in [0.2, 0.25) is 5.02 Å². The van der Waals surface area contributed by atoms with Crippen molar-refractivity contribution in [1.29, 1.82) is 5.41 Å². The highest BCUT2D eigenvalue weighted by atomic mass is 35.5. The molecule has 0 saturated heterocycles. The minimum absolute atomic E-state index is 0.0755. The van der Waals surface area contributed by atoms with Gasteiger partial charge < -0.3 is 5.73 Å². The number of rotatable bonds is 4. The molecule has 3 rings (SSSR count). The number of ketones is 1. The van der Waals surface area contributed by atoms with E-state index in [-0.39, 0.29) is 11.7 Å². The molecule has 0 fully saturated rings. The quantitative estimate of drug-likeness (QED) is 0.498. The minimum Gasteiger partial charge on any atom is -0.379 e. The van der Waals surface area contributed by atoms with Crippen LogP contribution in [0, 0.1) is 5.41 Å². The Morgan fingerprint density at radius 3 is 2.46 bits per heavy atom. The summed E-state index contributed by atoms with van der Waals surface area (Å²) in [7, 11) is 0. The van der Waals surface area contributed by atoms with Gasteiger partial charge in [-0.1, -0.05) is 53.7 Å². The Balaban J connectivity index is 1.81. The maximum Gasteiger partial charge on any atom is 0.299 e. The molecule has 0 atom stereocenters. The molecule has 0 aromatic heterocycles. The summed E-state index contributed by atoms with van der Waals surface area (Å²) in [6.45, 7) is 0.279. The first-order valence-electron chi connectivity index (χ1n) is 7.16. The number of carbonyl (C=O) groups excluding carboxylic acids is 2. The predicted octanol–water partition coefficient (Wildman–Crippen LogP) is 3.20. The van der Waals surface area contributed by atoms with E-state index < -0.39 is 11.7 Å². The Morgan fingerprint density at radius 2 is 1.79 bits per heavy atom. The smallest absolute Gasteiger partial charge is 0.299 e. The first kappa shape index (κ1) is 16.5. The Labute approximate surface area is 148 Å². The number of para-hydroxylation sites is 1. The first-order valence-corrected chi connectivity index (χ1v) is 8.53. The van der Waals surface area contributed by atoms with E-state index in [0.717, 1.165) is 11.1 Å². The van der Waals surface area contributed by atoms with Crippen LogP contribution in [0.4, 0.5) is 5.69 Å². The predicted molar refractivity (Wildman–Crippen MR) is 96.6 cm³/mol. The van der Waals surface area contributed by atoms with Crippen LogP contribution in [0.15, 0.2) is 42.5 Å². The number of benzene rings is 2. The molecule has 0 bridgehead atoms. The average molecular weight is 360 g/mol. The topological polar surface area (TPSA) is 87.2 Å². The molecule has 5 nitrogen and oxygen atoms in total. The lowest BCUT2D eigenvalue weighted by Crippen LogP contribution is -2.29. The van der Waals surface area contributed by atoms with Crippen molar-refractivity contribution in [3.05, 3.63) is 64.2 Å². The number of anilines is 1. The number of nitrogens with zero attached hydrogens (tertiary/aromatic N) is 1. The lowest BCUT2D eigenvalue weighted by Gasteiger charge is -2.18. The van der Waals surface area contributed by atoms with Crippen LogP contribution in [-0.4, -0.2) is 16.9 Å². The summed E-state index contributed by atoms with van der Waals surface area (Å²) >= 11 is 7.43. The van der Waals surface area contributed by atoms with E-state index in [1.54, 1.807) is 18.2 Å². The van der Waals surface area contributed by atoms with Crippen LogP contribution in [0.5, 0.6) is 0 Å². The summed E-state index contributed by atoms with van der Waals surface area (Å²) < 4.78 is 0. The monoisotopic (exact) mass is 359 g/mol. The molecule has 2 aromatic rings. The third kappa shape index (κ3) is 3.16. The summed E-state index contributed by atoms with van der Waals surface area (Å²) in [6, 6.07) is 12.6. The van der Waals surface area contributed by atoms with E-state index in [9.17, 15) is 9.59 Å². The van der Waals surface area contributed by atoms with Crippen molar-refractivity contribution in [2.75, 3.05) is 4.90 Å². The number of nitrogens with two attached hydrogens (primary N) is 1. The second-order valence-electron chi connectivity index (χ2n) is 5.33. The number of hydrogen-bond acceptors (Lipinski definition) is 4. The number of amides is 1. The normalized spacial score (nSPS) is 13.3. The number of amidine groups is 1. The maximum absolute atomic E-state index is 12.2. The highest BCUT2D eigenvalue weighted by molar-refractivity contribution is 8.13. The number of thioether (sulfide) groups is 1. The van der Waals surface area contributed by atoms with Crippen molar-refractivity contribution in [2.45, 2.75) is 12.3 Å². The molecule has 1 aliphatic heterocycles. The van der Waals surface area contributed by atoms with Gasteiger partial charge in [0.05, 0.1) is 22.8 Å². The van der Waals surface area contributed by atoms with E-state index >= 15 is 0 Å². The van der Waals surface area contributed by atoms with Gasteiger partial charge in [-0.05, 0) is 23.3 Å². The zero-order valence-electron chi connectivity index (χ0n) is 12.6. The SMILES string of the molecule is N=C(N)SCc1ccc(CN2C(=O)C(=O)c3cccc(Cl)c32)cc1. The van der Waals surface area contributed by atoms with Gasteiger partial charge in [-0.25, -0.2) is 0 Å². The Hall–Kier alpha value is -2.31. The molecule has 0 unspecified atom stereocenters. The minimum atomic E-state index is -0.561. The lowest BCUT2D eigenvalue weighted by atomic mass is 10.1. The van der Waals surface area contributed by atoms with Gasteiger partial charge in [0, 0.05) is 5.75 Å². The van der Waals surface area contributed by atoms with Crippen molar-refractivity contribution in [3.8, 4) is 0 Å². The van der Waals surface area contributed by atoms with Crippen molar-refractivity contribution < 1.29 is 9.59 Å². The average Bonchev–Trinajstić information content (AvgIpc) is 2.80. The fourth-order valence-electron chi connectivity index (χ4n) is 2.55. The second kappa shape index (κ2) is 6.67. The van der Waals surface area contributed by atoms with Crippen molar-refractivity contribution in [1.82, 2.24) is 0 Å². The maximum atomic E-state index is 12.2. The zero-order chi connectivity index (χ0) is 17.3. The summed E-state index contributed by atoms with van der Waals surface area (Å²) in [5, 5.41) is 7.68. The number of halogens is 1. The first-order chi connectivity index (χ1) is 11.5. The summed E-state index contributed by atoms with van der Waals surface area (Å²) in [4.78, 5) is 25.7. The number of carbonyl (C=O) groups is 2. The molecule has 24 heavy (non-hydrogen) atoms. The molecular weight excluding hydrogens is 346 g/mol. The van der Waals surface area contributed by atoms with Crippen molar-refractivity contribution >= 4 is 45.9 Å². The summed E-state index contributed by atoms with van der Waals surface area (Å²) in [5.41, 5.74) is 8.07. The fraction of sp³-hybridized carbons (Fsp3) is 0.118. The van der Waals surface area contributed by atoms with Crippen LogP contribution >= 0.6 is 23.4 Å². The van der Waals surface area contributed by atoms with Crippen LogP contribution in [-0.2, 0) is 17.1 Å². The zero-order valence-corrected chi connectivity index (χ0v) is 14.2. The van der Waals surface area contributed by atoms with Gasteiger partial charge in [0.25, 0.3) is 11.7 Å². The molecule has 0 spiro atoms. The molecule has 3 N–H and O–H groups in total. The molecule has 122 valence electrons. The molecular formula is C17H14ClN3O2S. The standard InChI is InChI=1S/C17H14ClN3O2S/c18-13-3-1-2-12-14(13)21(16(23)15(12)22)8-10-4-6-11(7-5-10)9-24-17(19)20/h1-7H,8-9H2,(H3,19,20). The van der Waals surface area contributed by atoms with Crippen molar-refractivity contribution in [2.24, 2.45) is 5.73 Å². The van der Waals surface area contributed by atoms with Crippen LogP contribution < -0.4 is 10.6 Å². The van der Waals surface area contributed by atoms with Gasteiger partial charge in [-0.15, -0.1) is 0 Å². The third-order valence-corrected chi connectivity index (χ3v) is 4.79. The van der Waals surface area contributed by atoms with Crippen LogP contribution in [0.1, 0.15) is 21.5 Å². The molecule has 1 amide bonds.